The zero-order valence-electron chi connectivity index (χ0n) is 10.2. The highest BCUT2D eigenvalue weighted by atomic mass is 16.5. The van der Waals surface area contributed by atoms with Crippen molar-refractivity contribution in [1.82, 2.24) is 4.98 Å². The van der Waals surface area contributed by atoms with E-state index in [2.05, 4.69) is 40.2 Å². The van der Waals surface area contributed by atoms with Gasteiger partial charge in [0.2, 0.25) is 0 Å². The number of nitrogens with zero attached hydrogens (tertiary/aromatic N) is 2. The number of rotatable bonds is 3. The molecular weight excluding hydrogens is 224 g/mol. The lowest BCUT2D eigenvalue weighted by atomic mass is 10.1. The van der Waals surface area contributed by atoms with Crippen molar-refractivity contribution >= 4 is 5.82 Å². The number of pyridine rings is 1. The molecule has 92 valence electrons. The van der Waals surface area contributed by atoms with Crippen molar-refractivity contribution in [3.63, 3.8) is 0 Å². The van der Waals surface area contributed by atoms with Gasteiger partial charge in [0, 0.05) is 12.7 Å². The number of fused-ring (bicyclic) bond motifs is 1. The minimum atomic E-state index is 0.744. The second kappa shape index (κ2) is 5.08. The molecule has 0 N–H and O–H groups in total. The first-order chi connectivity index (χ1) is 8.93. The Morgan fingerprint density at radius 2 is 2.00 bits per heavy atom. The van der Waals surface area contributed by atoms with E-state index in [1.54, 1.807) is 0 Å². The SMILES string of the molecule is c1ccc(CCN2CCOc3cccnc32)cc1. The number of hydrogen-bond donors (Lipinski definition) is 0. The average molecular weight is 240 g/mol. The van der Waals surface area contributed by atoms with Gasteiger partial charge in [-0.3, -0.25) is 0 Å². The lowest BCUT2D eigenvalue weighted by Crippen LogP contribution is -2.35. The van der Waals surface area contributed by atoms with Gasteiger partial charge in [-0.25, -0.2) is 4.98 Å². The molecule has 3 nitrogen and oxygen atoms in total. The van der Waals surface area contributed by atoms with Crippen molar-refractivity contribution in [2.75, 3.05) is 24.6 Å². The Balaban J connectivity index is 1.71. The minimum absolute atomic E-state index is 0.744. The largest absolute Gasteiger partial charge is 0.488 e. The second-order valence-electron chi connectivity index (χ2n) is 4.40. The van der Waals surface area contributed by atoms with Gasteiger partial charge in [-0.2, -0.15) is 0 Å². The van der Waals surface area contributed by atoms with Crippen LogP contribution in [0, 0.1) is 0 Å². The molecule has 0 saturated heterocycles. The van der Waals surface area contributed by atoms with Gasteiger partial charge in [-0.15, -0.1) is 0 Å². The first-order valence-corrected chi connectivity index (χ1v) is 6.30. The Kier molecular flexibility index (Phi) is 3.13. The van der Waals surface area contributed by atoms with Crippen LogP contribution >= 0.6 is 0 Å². The topological polar surface area (TPSA) is 25.4 Å². The maximum Gasteiger partial charge on any atom is 0.171 e. The van der Waals surface area contributed by atoms with Crippen LogP contribution < -0.4 is 9.64 Å². The molecule has 18 heavy (non-hydrogen) atoms. The predicted molar refractivity (Wildman–Crippen MR) is 72.1 cm³/mol. The molecular formula is C15H16N2O. The second-order valence-corrected chi connectivity index (χ2v) is 4.40. The molecule has 0 aliphatic carbocycles. The van der Waals surface area contributed by atoms with E-state index in [9.17, 15) is 0 Å². The van der Waals surface area contributed by atoms with Gasteiger partial charge < -0.3 is 9.64 Å². The Morgan fingerprint density at radius 1 is 1.11 bits per heavy atom. The summed E-state index contributed by atoms with van der Waals surface area (Å²) in [5.41, 5.74) is 1.36. The zero-order chi connectivity index (χ0) is 12.2. The standard InChI is InChI=1S/C15H16N2O/c1-2-5-13(6-3-1)8-10-17-11-12-18-14-7-4-9-16-15(14)17/h1-7,9H,8,10-12H2. The quantitative estimate of drug-likeness (QED) is 0.824. The lowest BCUT2D eigenvalue weighted by molar-refractivity contribution is 0.305. The van der Waals surface area contributed by atoms with E-state index in [1.165, 1.54) is 5.56 Å². The van der Waals surface area contributed by atoms with E-state index >= 15 is 0 Å². The van der Waals surface area contributed by atoms with Crippen LogP contribution in [-0.2, 0) is 6.42 Å². The van der Waals surface area contributed by atoms with E-state index in [0.29, 0.717) is 0 Å². The van der Waals surface area contributed by atoms with Gasteiger partial charge in [-0.1, -0.05) is 30.3 Å². The molecule has 1 aromatic carbocycles. The van der Waals surface area contributed by atoms with Crippen LogP contribution in [0.15, 0.2) is 48.7 Å². The molecule has 3 heteroatoms. The Labute approximate surface area is 107 Å². The summed E-state index contributed by atoms with van der Waals surface area (Å²) in [6.45, 7) is 2.64. The van der Waals surface area contributed by atoms with Crippen molar-refractivity contribution in [3.8, 4) is 5.75 Å². The lowest BCUT2D eigenvalue weighted by Gasteiger charge is -2.29. The summed E-state index contributed by atoms with van der Waals surface area (Å²) >= 11 is 0. The maximum absolute atomic E-state index is 5.60. The average Bonchev–Trinajstić information content (AvgIpc) is 2.46. The van der Waals surface area contributed by atoms with Crippen LogP contribution in [0.2, 0.25) is 0 Å². The molecule has 1 aromatic heterocycles. The monoisotopic (exact) mass is 240 g/mol. The van der Waals surface area contributed by atoms with Crippen molar-refractivity contribution in [2.24, 2.45) is 0 Å². The molecule has 2 aromatic rings. The van der Waals surface area contributed by atoms with Crippen molar-refractivity contribution in [1.29, 1.82) is 0 Å². The molecule has 0 radical (unpaired) electrons. The van der Waals surface area contributed by atoms with Gasteiger partial charge in [0.25, 0.3) is 0 Å². The summed E-state index contributed by atoms with van der Waals surface area (Å²) in [6, 6.07) is 14.5. The molecule has 2 heterocycles. The summed E-state index contributed by atoms with van der Waals surface area (Å²) in [5, 5.41) is 0. The molecule has 0 atom stereocenters. The first-order valence-electron chi connectivity index (χ1n) is 6.30. The highest BCUT2D eigenvalue weighted by Gasteiger charge is 2.18. The van der Waals surface area contributed by atoms with E-state index in [1.807, 2.05) is 18.3 Å². The van der Waals surface area contributed by atoms with Crippen LogP contribution in [0.1, 0.15) is 5.56 Å². The predicted octanol–water partition coefficient (Wildman–Crippen LogP) is 2.52. The van der Waals surface area contributed by atoms with Crippen LogP contribution in [0.25, 0.3) is 0 Å². The number of aromatic nitrogens is 1. The molecule has 3 rings (SSSR count). The van der Waals surface area contributed by atoms with E-state index in [4.69, 9.17) is 4.74 Å². The van der Waals surface area contributed by atoms with Crippen LogP contribution in [0.3, 0.4) is 0 Å². The third kappa shape index (κ3) is 2.30. The first kappa shape index (κ1) is 11.1. The van der Waals surface area contributed by atoms with Crippen molar-refractivity contribution in [2.45, 2.75) is 6.42 Å². The molecule has 0 saturated carbocycles. The van der Waals surface area contributed by atoms with Crippen LogP contribution in [0.5, 0.6) is 5.75 Å². The smallest absolute Gasteiger partial charge is 0.171 e. The van der Waals surface area contributed by atoms with Crippen LogP contribution in [-0.4, -0.2) is 24.7 Å². The summed E-state index contributed by atoms with van der Waals surface area (Å²) < 4.78 is 5.60. The maximum atomic E-state index is 5.60. The number of anilines is 1. The third-order valence-electron chi connectivity index (χ3n) is 3.18. The summed E-state index contributed by atoms with van der Waals surface area (Å²) in [5.74, 6) is 1.87. The minimum Gasteiger partial charge on any atom is -0.488 e. The van der Waals surface area contributed by atoms with Crippen LogP contribution in [0.4, 0.5) is 5.82 Å². The zero-order valence-corrected chi connectivity index (χ0v) is 10.2. The van der Waals surface area contributed by atoms with E-state index in [-0.39, 0.29) is 0 Å². The molecule has 0 bridgehead atoms. The Hall–Kier alpha value is -2.03. The van der Waals surface area contributed by atoms with Gasteiger partial charge >= 0.3 is 0 Å². The van der Waals surface area contributed by atoms with Gasteiger partial charge in [0.05, 0.1) is 6.54 Å². The summed E-state index contributed by atoms with van der Waals surface area (Å²) in [4.78, 5) is 6.71. The fraction of sp³-hybridized carbons (Fsp3) is 0.267. The molecule has 0 spiro atoms. The van der Waals surface area contributed by atoms with Gasteiger partial charge in [-0.05, 0) is 24.1 Å². The normalized spacial score (nSPS) is 13.9. The number of benzene rings is 1. The molecule has 0 amide bonds. The Morgan fingerprint density at radius 3 is 2.89 bits per heavy atom. The summed E-state index contributed by atoms with van der Waals surface area (Å²) in [6.07, 6.45) is 2.86. The third-order valence-corrected chi connectivity index (χ3v) is 3.18. The fourth-order valence-corrected chi connectivity index (χ4v) is 2.23. The van der Waals surface area contributed by atoms with Gasteiger partial charge in [0.15, 0.2) is 11.6 Å². The molecule has 0 unspecified atom stereocenters. The van der Waals surface area contributed by atoms with Gasteiger partial charge in [0.1, 0.15) is 6.61 Å². The number of ether oxygens (including phenoxy) is 1. The van der Waals surface area contributed by atoms with Crippen molar-refractivity contribution in [3.05, 3.63) is 54.2 Å². The number of hydrogen-bond acceptors (Lipinski definition) is 3. The summed E-state index contributed by atoms with van der Waals surface area (Å²) in [7, 11) is 0. The highest BCUT2D eigenvalue weighted by Crippen LogP contribution is 2.28. The van der Waals surface area contributed by atoms with E-state index in [0.717, 1.165) is 37.7 Å². The highest BCUT2D eigenvalue weighted by molar-refractivity contribution is 5.53. The Bertz CT molecular complexity index is 513. The van der Waals surface area contributed by atoms with Crippen molar-refractivity contribution < 1.29 is 4.74 Å². The fourth-order valence-electron chi connectivity index (χ4n) is 2.23. The molecule has 1 aliphatic heterocycles. The van der Waals surface area contributed by atoms with E-state index < -0.39 is 0 Å². The molecule has 1 aliphatic rings. The molecule has 0 fully saturated rings.